The fourth-order valence-electron chi connectivity index (χ4n) is 1.86. The molecule has 5 heteroatoms. The third kappa shape index (κ3) is 3.20. The van der Waals surface area contributed by atoms with Gasteiger partial charge in [-0.1, -0.05) is 25.5 Å². The normalized spacial score (nSPS) is 15.6. The van der Waals surface area contributed by atoms with Gasteiger partial charge in [-0.2, -0.15) is 5.10 Å². The highest BCUT2D eigenvalue weighted by Gasteiger charge is 2.12. The van der Waals surface area contributed by atoms with Crippen molar-refractivity contribution < 1.29 is 4.79 Å². The summed E-state index contributed by atoms with van der Waals surface area (Å²) in [6.45, 7) is 6.63. The maximum atomic E-state index is 11.9. The van der Waals surface area contributed by atoms with Gasteiger partial charge in [0.05, 0.1) is 0 Å². The highest BCUT2D eigenvalue weighted by atomic mass is 16.1. The maximum absolute atomic E-state index is 11.9. The van der Waals surface area contributed by atoms with Crippen LogP contribution in [0.5, 0.6) is 0 Å². The molecule has 5 nitrogen and oxygen atoms in total. The standard InChI is InChI=1S/C13H20N4O/c1-9(2)11-7-12(17-16-11)13(18)15-8-10-3-5-14-6-4-10/h3,7,9,14H,4-6,8H2,1-2H3,(H,15,18)(H,16,17). The molecule has 0 aliphatic carbocycles. The van der Waals surface area contributed by atoms with Gasteiger partial charge in [-0.15, -0.1) is 0 Å². The molecule has 1 aromatic heterocycles. The first-order valence-corrected chi connectivity index (χ1v) is 6.39. The van der Waals surface area contributed by atoms with Gasteiger partial charge in [-0.05, 0) is 24.9 Å². The van der Waals surface area contributed by atoms with Gasteiger partial charge < -0.3 is 10.6 Å². The highest BCUT2D eigenvalue weighted by molar-refractivity contribution is 5.92. The third-order valence-electron chi connectivity index (χ3n) is 3.09. The minimum absolute atomic E-state index is 0.113. The summed E-state index contributed by atoms with van der Waals surface area (Å²) in [7, 11) is 0. The molecule has 0 saturated heterocycles. The fourth-order valence-corrected chi connectivity index (χ4v) is 1.86. The van der Waals surface area contributed by atoms with Gasteiger partial charge in [0.1, 0.15) is 5.69 Å². The van der Waals surface area contributed by atoms with E-state index in [0.717, 1.165) is 25.2 Å². The first-order chi connectivity index (χ1) is 8.66. The van der Waals surface area contributed by atoms with Gasteiger partial charge in [-0.25, -0.2) is 0 Å². The summed E-state index contributed by atoms with van der Waals surface area (Å²) in [4.78, 5) is 11.9. The van der Waals surface area contributed by atoms with E-state index in [1.165, 1.54) is 5.57 Å². The number of carbonyl (C=O) groups excluding carboxylic acids is 1. The first-order valence-electron chi connectivity index (χ1n) is 6.39. The van der Waals surface area contributed by atoms with Crippen LogP contribution in [0.1, 0.15) is 42.4 Å². The molecule has 1 amide bonds. The van der Waals surface area contributed by atoms with Crippen molar-refractivity contribution in [3.63, 3.8) is 0 Å². The van der Waals surface area contributed by atoms with E-state index in [-0.39, 0.29) is 5.91 Å². The van der Waals surface area contributed by atoms with Crippen LogP contribution in [0, 0.1) is 0 Å². The lowest BCUT2D eigenvalue weighted by Gasteiger charge is -2.14. The van der Waals surface area contributed by atoms with Crippen molar-refractivity contribution in [2.75, 3.05) is 19.6 Å². The Bertz CT molecular complexity index is 448. The Hall–Kier alpha value is -1.62. The molecule has 1 aromatic rings. The maximum Gasteiger partial charge on any atom is 0.272 e. The van der Waals surface area contributed by atoms with Crippen molar-refractivity contribution in [2.45, 2.75) is 26.2 Å². The summed E-state index contributed by atoms with van der Waals surface area (Å²) in [6.07, 6.45) is 3.13. The summed E-state index contributed by atoms with van der Waals surface area (Å²) in [6, 6.07) is 1.82. The number of carbonyl (C=O) groups is 1. The molecule has 2 rings (SSSR count). The van der Waals surface area contributed by atoms with Gasteiger partial charge in [0.25, 0.3) is 5.91 Å². The second kappa shape index (κ2) is 5.82. The Kier molecular flexibility index (Phi) is 4.15. The molecule has 0 bridgehead atoms. The smallest absolute Gasteiger partial charge is 0.272 e. The van der Waals surface area contributed by atoms with Crippen molar-refractivity contribution in [3.8, 4) is 0 Å². The zero-order chi connectivity index (χ0) is 13.0. The number of aromatic nitrogens is 2. The van der Waals surface area contributed by atoms with Crippen LogP contribution in [0.25, 0.3) is 0 Å². The Morgan fingerprint density at radius 2 is 2.39 bits per heavy atom. The Morgan fingerprint density at radius 1 is 1.56 bits per heavy atom. The summed E-state index contributed by atoms with van der Waals surface area (Å²) in [5.41, 5.74) is 2.73. The minimum Gasteiger partial charge on any atom is -0.347 e. The second-order valence-corrected chi connectivity index (χ2v) is 4.86. The van der Waals surface area contributed by atoms with Crippen LogP contribution < -0.4 is 10.6 Å². The van der Waals surface area contributed by atoms with E-state index in [0.29, 0.717) is 18.2 Å². The molecular formula is C13H20N4O. The van der Waals surface area contributed by atoms with E-state index in [4.69, 9.17) is 0 Å². The Morgan fingerprint density at radius 3 is 3.00 bits per heavy atom. The van der Waals surface area contributed by atoms with Crippen LogP contribution in [0.15, 0.2) is 17.7 Å². The zero-order valence-electron chi connectivity index (χ0n) is 10.9. The average Bonchev–Trinajstić information content (AvgIpc) is 2.87. The lowest BCUT2D eigenvalue weighted by molar-refractivity contribution is 0.0951. The van der Waals surface area contributed by atoms with Crippen molar-refractivity contribution in [1.82, 2.24) is 20.8 Å². The molecule has 0 saturated carbocycles. The van der Waals surface area contributed by atoms with E-state index in [9.17, 15) is 4.79 Å². The number of rotatable bonds is 4. The van der Waals surface area contributed by atoms with Crippen LogP contribution in [-0.4, -0.2) is 35.7 Å². The van der Waals surface area contributed by atoms with E-state index < -0.39 is 0 Å². The second-order valence-electron chi connectivity index (χ2n) is 4.86. The van der Waals surface area contributed by atoms with Gasteiger partial charge in [-0.3, -0.25) is 9.89 Å². The summed E-state index contributed by atoms with van der Waals surface area (Å²) < 4.78 is 0. The molecular weight excluding hydrogens is 228 g/mol. The monoisotopic (exact) mass is 248 g/mol. The third-order valence-corrected chi connectivity index (χ3v) is 3.09. The SMILES string of the molecule is CC(C)c1cc(C(=O)NCC2=CCNCC2)n[nH]1. The predicted molar refractivity (Wildman–Crippen MR) is 70.6 cm³/mol. The molecule has 18 heavy (non-hydrogen) atoms. The summed E-state index contributed by atoms with van der Waals surface area (Å²) in [5.74, 6) is 0.240. The molecule has 0 spiro atoms. The fraction of sp³-hybridized carbons (Fsp3) is 0.538. The predicted octanol–water partition coefficient (Wildman–Crippen LogP) is 1.18. The molecule has 0 unspecified atom stereocenters. The quantitative estimate of drug-likeness (QED) is 0.701. The Labute approximate surface area is 107 Å². The summed E-state index contributed by atoms with van der Waals surface area (Å²) in [5, 5.41) is 13.1. The zero-order valence-corrected chi connectivity index (χ0v) is 10.9. The van der Waals surface area contributed by atoms with Crippen molar-refractivity contribution in [1.29, 1.82) is 0 Å². The number of nitrogens with zero attached hydrogens (tertiary/aromatic N) is 1. The summed E-state index contributed by atoms with van der Waals surface area (Å²) >= 11 is 0. The average molecular weight is 248 g/mol. The molecule has 1 aliphatic rings. The molecule has 0 radical (unpaired) electrons. The topological polar surface area (TPSA) is 69.8 Å². The molecule has 0 aromatic carbocycles. The molecule has 98 valence electrons. The van der Waals surface area contributed by atoms with Crippen LogP contribution in [0.4, 0.5) is 0 Å². The van der Waals surface area contributed by atoms with Gasteiger partial charge >= 0.3 is 0 Å². The number of aromatic amines is 1. The largest absolute Gasteiger partial charge is 0.347 e. The van der Waals surface area contributed by atoms with Gasteiger partial charge in [0.2, 0.25) is 0 Å². The number of amides is 1. The van der Waals surface area contributed by atoms with Crippen molar-refractivity contribution in [2.24, 2.45) is 0 Å². The first kappa shape index (κ1) is 12.8. The van der Waals surface area contributed by atoms with E-state index in [1.807, 2.05) is 6.07 Å². The number of hydrogen-bond acceptors (Lipinski definition) is 3. The highest BCUT2D eigenvalue weighted by Crippen LogP contribution is 2.11. The number of H-pyrrole nitrogens is 1. The molecule has 1 aliphatic heterocycles. The molecule has 2 heterocycles. The van der Waals surface area contributed by atoms with E-state index in [2.05, 4.69) is 40.8 Å². The Balaban J connectivity index is 1.88. The van der Waals surface area contributed by atoms with Crippen LogP contribution in [0.3, 0.4) is 0 Å². The lowest BCUT2D eigenvalue weighted by Crippen LogP contribution is -2.29. The number of nitrogens with one attached hydrogen (secondary N) is 3. The van der Waals surface area contributed by atoms with E-state index >= 15 is 0 Å². The van der Waals surface area contributed by atoms with E-state index in [1.54, 1.807) is 0 Å². The van der Waals surface area contributed by atoms with Gasteiger partial charge in [0.15, 0.2) is 0 Å². The molecule has 3 N–H and O–H groups in total. The van der Waals surface area contributed by atoms with Crippen molar-refractivity contribution >= 4 is 5.91 Å². The molecule has 0 atom stereocenters. The minimum atomic E-state index is -0.113. The van der Waals surface area contributed by atoms with Crippen LogP contribution >= 0.6 is 0 Å². The van der Waals surface area contributed by atoms with Crippen molar-refractivity contribution in [3.05, 3.63) is 29.1 Å². The van der Waals surface area contributed by atoms with Gasteiger partial charge in [0, 0.05) is 18.8 Å². The van der Waals surface area contributed by atoms with Crippen LogP contribution in [0.2, 0.25) is 0 Å². The lowest BCUT2D eigenvalue weighted by atomic mass is 10.1. The number of hydrogen-bond donors (Lipinski definition) is 3. The molecule has 0 fully saturated rings. The van der Waals surface area contributed by atoms with Crippen LogP contribution in [-0.2, 0) is 0 Å².